The minimum atomic E-state index is -1.95. The van der Waals surface area contributed by atoms with Gasteiger partial charge in [-0.05, 0) is 34.5 Å². The van der Waals surface area contributed by atoms with Crippen LogP contribution in [0.25, 0.3) is 0 Å². The lowest BCUT2D eigenvalue weighted by Crippen LogP contribution is -2.53. The van der Waals surface area contributed by atoms with E-state index < -0.39 is 8.07 Å². The van der Waals surface area contributed by atoms with Gasteiger partial charge in [0.05, 0.1) is 20.2 Å². The van der Waals surface area contributed by atoms with E-state index in [1.54, 1.807) is 7.11 Å². The van der Waals surface area contributed by atoms with E-state index in [4.69, 9.17) is 4.74 Å². The molecule has 0 bridgehead atoms. The van der Waals surface area contributed by atoms with E-state index in [-0.39, 0.29) is 11.0 Å². The van der Waals surface area contributed by atoms with E-state index >= 15 is 0 Å². The fraction of sp³-hybridized carbons (Fsp3) is 0.650. The lowest BCUT2D eigenvalue weighted by Gasteiger charge is -2.49. The highest BCUT2D eigenvalue weighted by Gasteiger charge is 2.75. The van der Waals surface area contributed by atoms with Crippen molar-refractivity contribution < 1.29 is 9.53 Å². The third-order valence-electron chi connectivity index (χ3n) is 6.35. The normalized spacial score (nSPS) is 24.3. The van der Waals surface area contributed by atoms with Crippen molar-refractivity contribution in [3.63, 3.8) is 0 Å². The van der Waals surface area contributed by atoms with Crippen molar-refractivity contribution >= 4 is 14.0 Å². The van der Waals surface area contributed by atoms with Crippen molar-refractivity contribution in [3.05, 3.63) is 35.9 Å². The lowest BCUT2D eigenvalue weighted by atomic mass is 10.1. The zero-order valence-corrected chi connectivity index (χ0v) is 16.7. The van der Waals surface area contributed by atoms with Crippen molar-refractivity contribution in [1.29, 1.82) is 0 Å². The van der Waals surface area contributed by atoms with Crippen molar-refractivity contribution in [2.75, 3.05) is 7.11 Å². The summed E-state index contributed by atoms with van der Waals surface area (Å²) in [6.07, 6.45) is 0.963. The number of carbonyl (C=O) groups is 1. The first-order valence-electron chi connectivity index (χ1n) is 8.90. The topological polar surface area (TPSA) is 26.3 Å². The SMILES string of the molecule is COC(=O)[C@@]1([Si](C(C)C)(C(C)C)C(C)C)C[C@@H]1c1ccccc1. The number of benzene rings is 1. The highest BCUT2D eigenvalue weighted by molar-refractivity contribution is 6.90. The van der Waals surface area contributed by atoms with Crippen molar-refractivity contribution in [2.24, 2.45) is 0 Å². The standard InChI is InChI=1S/C20H32O2Si/c1-14(2)23(15(3)4,16(5)6)20(19(21)22-7)13-18(20)17-11-9-8-10-12-17/h8-12,14-16,18H,13H2,1-7H3/t18-,20-/m1/s1. The van der Waals surface area contributed by atoms with E-state index in [0.717, 1.165) is 6.42 Å². The van der Waals surface area contributed by atoms with Gasteiger partial charge in [-0.15, -0.1) is 0 Å². The molecule has 0 N–H and O–H groups in total. The third kappa shape index (κ3) is 2.48. The second-order valence-electron chi connectivity index (χ2n) is 8.03. The van der Waals surface area contributed by atoms with Crippen LogP contribution >= 0.6 is 0 Å². The summed E-state index contributed by atoms with van der Waals surface area (Å²) < 4.78 is 5.38. The average Bonchev–Trinajstić information content (AvgIpc) is 3.23. The van der Waals surface area contributed by atoms with Gasteiger partial charge in [0.25, 0.3) is 0 Å². The first kappa shape index (κ1) is 18.2. The number of hydrogen-bond acceptors (Lipinski definition) is 2. The van der Waals surface area contributed by atoms with Crippen LogP contribution in [0.2, 0.25) is 21.7 Å². The Hall–Kier alpha value is -1.09. The van der Waals surface area contributed by atoms with E-state index in [1.165, 1.54) is 5.56 Å². The molecule has 0 aromatic heterocycles. The smallest absolute Gasteiger partial charge is 0.309 e. The maximum absolute atomic E-state index is 13.1. The quantitative estimate of drug-likeness (QED) is 0.488. The van der Waals surface area contributed by atoms with Gasteiger partial charge in [-0.1, -0.05) is 71.9 Å². The summed E-state index contributed by atoms with van der Waals surface area (Å²) in [4.78, 5) is 13.1. The largest absolute Gasteiger partial charge is 0.469 e. The van der Waals surface area contributed by atoms with Crippen LogP contribution in [0.1, 0.15) is 59.4 Å². The first-order valence-corrected chi connectivity index (χ1v) is 11.1. The summed E-state index contributed by atoms with van der Waals surface area (Å²) in [5, 5.41) is -0.264. The van der Waals surface area contributed by atoms with E-state index in [1.807, 2.05) is 6.07 Å². The van der Waals surface area contributed by atoms with Crippen LogP contribution in [0.5, 0.6) is 0 Å². The maximum atomic E-state index is 13.1. The van der Waals surface area contributed by atoms with Gasteiger partial charge in [-0.25, -0.2) is 0 Å². The first-order chi connectivity index (χ1) is 10.8. The van der Waals surface area contributed by atoms with Crippen molar-refractivity contribution in [2.45, 2.75) is 75.5 Å². The van der Waals surface area contributed by atoms with E-state index in [9.17, 15) is 4.79 Å². The van der Waals surface area contributed by atoms with E-state index in [0.29, 0.717) is 22.5 Å². The molecule has 2 nitrogen and oxygen atoms in total. The summed E-state index contributed by atoms with van der Waals surface area (Å²) >= 11 is 0. The van der Waals surface area contributed by atoms with Gasteiger partial charge in [-0.3, -0.25) is 4.79 Å². The Morgan fingerprint density at radius 1 is 1.04 bits per heavy atom. The molecule has 3 heteroatoms. The van der Waals surface area contributed by atoms with Gasteiger partial charge in [0.2, 0.25) is 0 Å². The maximum Gasteiger partial charge on any atom is 0.309 e. The number of hydrogen-bond donors (Lipinski definition) is 0. The van der Waals surface area contributed by atoms with Gasteiger partial charge in [0, 0.05) is 0 Å². The number of ether oxygens (including phenoxy) is 1. The Kier molecular flexibility index (Phi) is 5.10. The van der Waals surface area contributed by atoms with Crippen LogP contribution in [0, 0.1) is 0 Å². The second-order valence-corrected chi connectivity index (χ2v) is 14.2. The molecule has 0 aliphatic heterocycles. The average molecular weight is 333 g/mol. The van der Waals surface area contributed by atoms with Crippen LogP contribution in [-0.4, -0.2) is 21.2 Å². The molecule has 2 atom stereocenters. The molecule has 0 heterocycles. The van der Waals surface area contributed by atoms with Gasteiger partial charge < -0.3 is 4.74 Å². The molecule has 128 valence electrons. The number of rotatable bonds is 6. The Labute approximate surface area is 142 Å². The molecule has 0 amide bonds. The predicted octanol–water partition coefficient (Wildman–Crippen LogP) is 5.77. The van der Waals surface area contributed by atoms with Crippen LogP contribution in [0.15, 0.2) is 30.3 Å². The minimum absolute atomic E-state index is 0.0362. The van der Waals surface area contributed by atoms with Gasteiger partial charge >= 0.3 is 5.97 Å². The van der Waals surface area contributed by atoms with Crippen LogP contribution in [0.3, 0.4) is 0 Å². The van der Waals surface area contributed by atoms with Gasteiger partial charge in [-0.2, -0.15) is 0 Å². The Balaban J connectivity index is 2.62. The molecular weight excluding hydrogens is 300 g/mol. The minimum Gasteiger partial charge on any atom is -0.469 e. The Morgan fingerprint density at radius 3 is 1.91 bits per heavy atom. The summed E-state index contributed by atoms with van der Waals surface area (Å²) in [6.45, 7) is 14.0. The number of esters is 1. The van der Waals surface area contributed by atoms with E-state index in [2.05, 4.69) is 65.8 Å². The molecule has 1 saturated carbocycles. The molecule has 0 unspecified atom stereocenters. The highest BCUT2D eigenvalue weighted by atomic mass is 28.3. The van der Waals surface area contributed by atoms with Crippen LogP contribution < -0.4 is 0 Å². The molecule has 0 saturated heterocycles. The molecule has 23 heavy (non-hydrogen) atoms. The fourth-order valence-electron chi connectivity index (χ4n) is 5.96. The third-order valence-corrected chi connectivity index (χ3v) is 14.4. The van der Waals surface area contributed by atoms with Gasteiger partial charge in [0.15, 0.2) is 0 Å². The highest BCUT2D eigenvalue weighted by Crippen LogP contribution is 2.77. The van der Waals surface area contributed by atoms with Crippen LogP contribution in [0.4, 0.5) is 0 Å². The zero-order valence-electron chi connectivity index (χ0n) is 15.7. The lowest BCUT2D eigenvalue weighted by molar-refractivity contribution is -0.141. The van der Waals surface area contributed by atoms with Crippen molar-refractivity contribution in [3.8, 4) is 0 Å². The van der Waals surface area contributed by atoms with Crippen LogP contribution in [-0.2, 0) is 9.53 Å². The molecule has 1 aromatic carbocycles. The summed E-state index contributed by atoms with van der Waals surface area (Å²) in [7, 11) is -0.388. The molecular formula is C20H32O2Si. The summed E-state index contributed by atoms with van der Waals surface area (Å²) in [6, 6.07) is 10.6. The summed E-state index contributed by atoms with van der Waals surface area (Å²) in [5.41, 5.74) is 2.96. The molecule has 1 aromatic rings. The zero-order chi connectivity index (χ0) is 17.4. The number of methoxy groups -OCH3 is 1. The molecule has 1 fully saturated rings. The second kappa shape index (κ2) is 6.43. The fourth-order valence-corrected chi connectivity index (χ4v) is 14.8. The number of carbonyl (C=O) groups excluding carboxylic acids is 1. The monoisotopic (exact) mass is 332 g/mol. The Bertz CT molecular complexity index is 528. The molecule has 2 rings (SSSR count). The molecule has 0 radical (unpaired) electrons. The molecule has 0 spiro atoms. The summed E-state index contributed by atoms with van der Waals surface area (Å²) in [5.74, 6) is 0.365. The predicted molar refractivity (Wildman–Crippen MR) is 99.6 cm³/mol. The molecule has 1 aliphatic rings. The molecule has 1 aliphatic carbocycles. The van der Waals surface area contributed by atoms with Gasteiger partial charge in [0.1, 0.15) is 0 Å². The Morgan fingerprint density at radius 2 is 1.52 bits per heavy atom. The van der Waals surface area contributed by atoms with Crippen molar-refractivity contribution in [1.82, 2.24) is 0 Å².